The maximum Gasteiger partial charge on any atom is 0.232 e. The monoisotopic (exact) mass is 338 g/mol. The van der Waals surface area contributed by atoms with Gasteiger partial charge in [0.25, 0.3) is 0 Å². The van der Waals surface area contributed by atoms with Crippen LogP contribution >= 0.6 is 0 Å². The van der Waals surface area contributed by atoms with Crippen LogP contribution in [-0.4, -0.2) is 15.0 Å². The molecule has 0 spiro atoms. The Bertz CT molecular complexity index is 860. The number of hydrogen-bond acceptors (Lipinski definition) is 7. The standard InChI is InChI=1S/C9H10.C8H12N8/c1-2-5-9-7-3-6-8(9)4-1;9-5(3-13-11)14-8-15-6(10)4-1-2-12-7(4)16-8/h1-2,4-5H,3,6-7H2;1-3,13H,9,11H2,(H4,10,12,14,15,16)/b;5-3+. The molecule has 25 heavy (non-hydrogen) atoms. The molecule has 3 aromatic rings. The molecule has 2 heterocycles. The van der Waals surface area contributed by atoms with Crippen LogP contribution in [0.5, 0.6) is 0 Å². The highest BCUT2D eigenvalue weighted by molar-refractivity contribution is 5.86. The van der Waals surface area contributed by atoms with E-state index in [1.165, 1.54) is 25.5 Å². The van der Waals surface area contributed by atoms with Gasteiger partial charge in [-0.15, -0.1) is 0 Å². The molecule has 8 nitrogen and oxygen atoms in total. The van der Waals surface area contributed by atoms with E-state index < -0.39 is 0 Å². The topological polar surface area (TPSA) is 144 Å². The molecule has 0 aliphatic heterocycles. The van der Waals surface area contributed by atoms with Crippen LogP contribution in [0.1, 0.15) is 17.5 Å². The van der Waals surface area contributed by atoms with Gasteiger partial charge in [0.05, 0.1) is 11.6 Å². The Hall–Kier alpha value is -3.26. The number of hydrazine groups is 1. The quantitative estimate of drug-likeness (QED) is 0.312. The Labute approximate surface area is 145 Å². The summed E-state index contributed by atoms with van der Waals surface area (Å²) in [6, 6.07) is 10.5. The first-order valence-electron chi connectivity index (χ1n) is 8.03. The van der Waals surface area contributed by atoms with Crippen LogP contribution in [0.15, 0.2) is 48.5 Å². The molecule has 1 aliphatic carbocycles. The summed E-state index contributed by atoms with van der Waals surface area (Å²) in [4.78, 5) is 11.1. The summed E-state index contributed by atoms with van der Waals surface area (Å²) in [5.41, 5.74) is 17.4. The number of H-pyrrole nitrogens is 1. The van der Waals surface area contributed by atoms with Crippen molar-refractivity contribution in [3.8, 4) is 0 Å². The van der Waals surface area contributed by atoms with Gasteiger partial charge >= 0.3 is 0 Å². The summed E-state index contributed by atoms with van der Waals surface area (Å²) in [5, 5.41) is 3.51. The number of aromatic amines is 1. The van der Waals surface area contributed by atoms with Crippen molar-refractivity contribution in [1.82, 2.24) is 20.4 Å². The van der Waals surface area contributed by atoms with Gasteiger partial charge in [0.2, 0.25) is 5.95 Å². The van der Waals surface area contributed by atoms with Crippen molar-refractivity contribution in [2.45, 2.75) is 19.3 Å². The predicted molar refractivity (Wildman–Crippen MR) is 100.0 cm³/mol. The van der Waals surface area contributed by atoms with Crippen molar-refractivity contribution in [1.29, 1.82) is 0 Å². The molecule has 2 aromatic heterocycles. The van der Waals surface area contributed by atoms with Gasteiger partial charge in [0.15, 0.2) is 0 Å². The van der Waals surface area contributed by atoms with E-state index in [1.807, 2.05) is 0 Å². The van der Waals surface area contributed by atoms with Gasteiger partial charge in [-0.05, 0) is 36.5 Å². The SMILES string of the molecule is NN/C=C(\N)Nc1nc(N)c2cc[nH]c2n1.c1ccc2c(c1)CCC2. The molecule has 1 aliphatic rings. The number of aromatic nitrogens is 3. The van der Waals surface area contributed by atoms with Gasteiger partial charge in [0.1, 0.15) is 17.3 Å². The summed E-state index contributed by atoms with van der Waals surface area (Å²) in [6.45, 7) is 0. The van der Waals surface area contributed by atoms with Crippen LogP contribution < -0.4 is 28.1 Å². The molecule has 0 radical (unpaired) electrons. The Balaban J connectivity index is 0.000000170. The van der Waals surface area contributed by atoms with Crippen LogP contribution in [0.4, 0.5) is 11.8 Å². The van der Waals surface area contributed by atoms with E-state index in [9.17, 15) is 0 Å². The molecule has 0 bridgehead atoms. The molecule has 9 N–H and O–H groups in total. The zero-order valence-electron chi connectivity index (χ0n) is 13.8. The van der Waals surface area contributed by atoms with Gasteiger partial charge in [-0.2, -0.15) is 9.97 Å². The number of fused-ring (bicyclic) bond motifs is 2. The molecule has 0 saturated heterocycles. The Kier molecular flexibility index (Phi) is 5.00. The lowest BCUT2D eigenvalue weighted by molar-refractivity contribution is 0.912. The summed E-state index contributed by atoms with van der Waals surface area (Å²) < 4.78 is 0. The molecule has 1 aromatic carbocycles. The van der Waals surface area contributed by atoms with Crippen LogP contribution in [0.25, 0.3) is 11.0 Å². The van der Waals surface area contributed by atoms with Gasteiger partial charge in [0, 0.05) is 6.20 Å². The molecular formula is C17H22N8. The number of nitrogens with zero attached hydrogens (tertiary/aromatic N) is 2. The molecule has 4 rings (SSSR count). The molecule has 0 atom stereocenters. The highest BCUT2D eigenvalue weighted by Gasteiger charge is 2.07. The van der Waals surface area contributed by atoms with E-state index in [-0.39, 0.29) is 5.82 Å². The fourth-order valence-corrected chi connectivity index (χ4v) is 2.79. The molecule has 130 valence electrons. The summed E-state index contributed by atoms with van der Waals surface area (Å²) in [5.74, 6) is 6.03. The zero-order valence-corrected chi connectivity index (χ0v) is 13.8. The van der Waals surface area contributed by atoms with Crippen molar-refractivity contribution < 1.29 is 0 Å². The largest absolute Gasteiger partial charge is 0.384 e. The number of nitrogens with two attached hydrogens (primary N) is 3. The fraction of sp³-hybridized carbons (Fsp3) is 0.176. The highest BCUT2D eigenvalue weighted by atomic mass is 15.2. The third-order valence-electron chi connectivity index (χ3n) is 3.95. The van der Waals surface area contributed by atoms with E-state index in [0.717, 1.165) is 5.39 Å². The third kappa shape index (κ3) is 3.99. The van der Waals surface area contributed by atoms with Crippen LogP contribution in [-0.2, 0) is 12.8 Å². The summed E-state index contributed by atoms with van der Waals surface area (Å²) in [7, 11) is 0. The highest BCUT2D eigenvalue weighted by Crippen LogP contribution is 2.20. The maximum absolute atomic E-state index is 5.74. The van der Waals surface area contributed by atoms with Crippen molar-refractivity contribution in [3.05, 3.63) is 59.7 Å². The Morgan fingerprint density at radius 3 is 2.52 bits per heavy atom. The molecule has 0 unspecified atom stereocenters. The Morgan fingerprint density at radius 1 is 1.12 bits per heavy atom. The van der Waals surface area contributed by atoms with Crippen molar-refractivity contribution in [2.75, 3.05) is 11.1 Å². The molecule has 0 fully saturated rings. The number of nitrogen functional groups attached to an aromatic ring is 1. The van der Waals surface area contributed by atoms with Crippen LogP contribution in [0, 0.1) is 0 Å². The molecular weight excluding hydrogens is 316 g/mol. The second kappa shape index (κ2) is 7.54. The predicted octanol–water partition coefficient (Wildman–Crippen LogP) is 1.35. The number of hydrogen-bond donors (Lipinski definition) is 6. The first kappa shape index (κ1) is 16.6. The average molecular weight is 338 g/mol. The molecule has 0 saturated carbocycles. The van der Waals surface area contributed by atoms with E-state index in [4.69, 9.17) is 17.3 Å². The van der Waals surface area contributed by atoms with Crippen LogP contribution in [0.3, 0.4) is 0 Å². The third-order valence-corrected chi connectivity index (χ3v) is 3.95. The second-order valence-corrected chi connectivity index (χ2v) is 5.69. The minimum absolute atomic E-state index is 0.285. The molecule has 8 heteroatoms. The van der Waals surface area contributed by atoms with Crippen molar-refractivity contribution >= 4 is 22.8 Å². The number of rotatable bonds is 3. The van der Waals surface area contributed by atoms with E-state index in [2.05, 4.69) is 50.0 Å². The minimum Gasteiger partial charge on any atom is -0.384 e. The number of nitrogens with one attached hydrogen (secondary N) is 3. The van der Waals surface area contributed by atoms with Gasteiger partial charge in [-0.1, -0.05) is 24.3 Å². The summed E-state index contributed by atoms with van der Waals surface area (Å²) >= 11 is 0. The van der Waals surface area contributed by atoms with E-state index in [0.29, 0.717) is 17.4 Å². The Morgan fingerprint density at radius 2 is 1.84 bits per heavy atom. The lowest BCUT2D eigenvalue weighted by Crippen LogP contribution is -2.20. The maximum atomic E-state index is 5.74. The van der Waals surface area contributed by atoms with E-state index in [1.54, 1.807) is 23.4 Å². The zero-order chi connectivity index (χ0) is 17.6. The number of anilines is 2. The van der Waals surface area contributed by atoms with Crippen LogP contribution in [0.2, 0.25) is 0 Å². The molecule has 0 amide bonds. The summed E-state index contributed by atoms with van der Waals surface area (Å²) in [6.07, 6.45) is 7.07. The smallest absolute Gasteiger partial charge is 0.232 e. The van der Waals surface area contributed by atoms with E-state index >= 15 is 0 Å². The fourth-order valence-electron chi connectivity index (χ4n) is 2.79. The number of aryl methyl sites for hydroxylation is 2. The lowest BCUT2D eigenvalue weighted by Gasteiger charge is -2.05. The van der Waals surface area contributed by atoms with Gasteiger partial charge in [-0.3, -0.25) is 5.84 Å². The average Bonchev–Trinajstić information content (AvgIpc) is 3.24. The number of benzene rings is 1. The second-order valence-electron chi connectivity index (χ2n) is 5.69. The lowest BCUT2D eigenvalue weighted by atomic mass is 10.1. The first-order valence-corrected chi connectivity index (χ1v) is 8.03. The van der Waals surface area contributed by atoms with Crippen molar-refractivity contribution in [2.24, 2.45) is 11.6 Å². The normalized spacial score (nSPS) is 13.1. The first-order chi connectivity index (χ1) is 12.2. The van der Waals surface area contributed by atoms with Crippen molar-refractivity contribution in [3.63, 3.8) is 0 Å². The minimum atomic E-state index is 0.285. The van der Waals surface area contributed by atoms with Gasteiger partial charge in [-0.25, -0.2) is 0 Å². The van der Waals surface area contributed by atoms with Gasteiger partial charge < -0.3 is 27.2 Å².